The Hall–Kier alpha value is -1.10. The number of nitrogens with one attached hydrogen (secondary N) is 1. The fraction of sp³-hybridized carbons (Fsp3) is 0.667. The number of halogens is 1. The van der Waals surface area contributed by atoms with E-state index < -0.39 is 0 Å². The normalized spacial score (nSPS) is 23.4. The van der Waals surface area contributed by atoms with Crippen molar-refractivity contribution in [1.82, 2.24) is 15.1 Å². The molecule has 0 unspecified atom stereocenters. The molecule has 5 heteroatoms. The molecule has 1 spiro atoms. The van der Waals surface area contributed by atoms with Gasteiger partial charge in [0.2, 0.25) is 5.91 Å². The summed E-state index contributed by atoms with van der Waals surface area (Å²) in [4.78, 5) is 17.7. The Morgan fingerprint density at radius 2 is 1.96 bits per heavy atom. The van der Waals surface area contributed by atoms with Gasteiger partial charge in [-0.3, -0.25) is 9.69 Å². The largest absolute Gasteiger partial charge is 0.354 e. The zero-order valence-electron chi connectivity index (χ0n) is 16.1. The van der Waals surface area contributed by atoms with Crippen LogP contribution in [0, 0.1) is 5.41 Å². The first-order chi connectivity index (χ1) is 12.5. The Bertz CT molecular complexity index is 596. The third-order valence-electron chi connectivity index (χ3n) is 6.09. The van der Waals surface area contributed by atoms with Crippen molar-refractivity contribution in [2.45, 2.75) is 45.1 Å². The Morgan fingerprint density at radius 1 is 1.27 bits per heavy atom. The second-order valence-electron chi connectivity index (χ2n) is 8.16. The zero-order valence-corrected chi connectivity index (χ0v) is 16.9. The molecule has 0 radical (unpaired) electrons. The van der Waals surface area contributed by atoms with Crippen molar-refractivity contribution in [2.24, 2.45) is 5.41 Å². The van der Waals surface area contributed by atoms with E-state index in [4.69, 9.17) is 11.6 Å². The van der Waals surface area contributed by atoms with Gasteiger partial charge in [-0.15, -0.1) is 0 Å². The van der Waals surface area contributed by atoms with Crippen LogP contribution in [0.5, 0.6) is 0 Å². The molecule has 1 aromatic rings. The average Bonchev–Trinajstić information content (AvgIpc) is 2.98. The number of carbonyl (C=O) groups excluding carboxylic acids is 1. The summed E-state index contributed by atoms with van der Waals surface area (Å²) in [6.07, 6.45) is 5.41. The summed E-state index contributed by atoms with van der Waals surface area (Å²) in [5, 5.41) is 3.94. The second kappa shape index (κ2) is 8.73. The number of amides is 1. The second-order valence-corrected chi connectivity index (χ2v) is 8.60. The SMILES string of the molecule is CCCN1CC2(CCN(C)CC2)C[C@@H]1C(=O)NCCc1ccc(Cl)cc1. The lowest BCUT2D eigenvalue weighted by molar-refractivity contribution is -0.125. The van der Waals surface area contributed by atoms with E-state index in [0.717, 1.165) is 50.5 Å². The van der Waals surface area contributed by atoms with E-state index in [2.05, 4.69) is 29.1 Å². The van der Waals surface area contributed by atoms with Crippen molar-refractivity contribution >= 4 is 17.5 Å². The van der Waals surface area contributed by atoms with Crippen LogP contribution in [0.15, 0.2) is 24.3 Å². The molecule has 1 aromatic carbocycles. The van der Waals surface area contributed by atoms with Crippen molar-refractivity contribution in [2.75, 3.05) is 39.8 Å². The molecule has 0 aliphatic carbocycles. The van der Waals surface area contributed by atoms with Crippen LogP contribution in [0.3, 0.4) is 0 Å². The zero-order chi connectivity index (χ0) is 18.6. The van der Waals surface area contributed by atoms with Crippen molar-refractivity contribution in [3.8, 4) is 0 Å². The minimum absolute atomic E-state index is 0.0450. The molecule has 144 valence electrons. The number of hydrogen-bond acceptors (Lipinski definition) is 3. The predicted molar refractivity (Wildman–Crippen MR) is 108 cm³/mol. The molecule has 2 saturated heterocycles. The van der Waals surface area contributed by atoms with Gasteiger partial charge in [0.05, 0.1) is 6.04 Å². The topological polar surface area (TPSA) is 35.6 Å². The Morgan fingerprint density at radius 3 is 2.62 bits per heavy atom. The molecule has 0 saturated carbocycles. The summed E-state index contributed by atoms with van der Waals surface area (Å²) < 4.78 is 0. The van der Waals surface area contributed by atoms with Crippen LogP contribution < -0.4 is 5.32 Å². The van der Waals surface area contributed by atoms with Crippen LogP contribution >= 0.6 is 11.6 Å². The number of likely N-dealkylation sites (tertiary alicyclic amines) is 2. The van der Waals surface area contributed by atoms with Gasteiger partial charge in [0.1, 0.15) is 0 Å². The monoisotopic (exact) mass is 377 g/mol. The predicted octanol–water partition coefficient (Wildman–Crippen LogP) is 3.20. The maximum Gasteiger partial charge on any atom is 0.237 e. The highest BCUT2D eigenvalue weighted by Gasteiger charge is 2.47. The molecule has 4 nitrogen and oxygen atoms in total. The molecule has 1 amide bonds. The van der Waals surface area contributed by atoms with E-state index in [9.17, 15) is 4.79 Å². The highest BCUT2D eigenvalue weighted by atomic mass is 35.5. The number of hydrogen-bond donors (Lipinski definition) is 1. The lowest BCUT2D eigenvalue weighted by Crippen LogP contribution is -2.44. The molecular weight excluding hydrogens is 346 g/mol. The van der Waals surface area contributed by atoms with Crippen LogP contribution in [0.4, 0.5) is 0 Å². The Kier molecular flexibility index (Phi) is 6.60. The molecule has 2 aliphatic heterocycles. The average molecular weight is 378 g/mol. The Balaban J connectivity index is 1.55. The van der Waals surface area contributed by atoms with Gasteiger partial charge in [-0.25, -0.2) is 0 Å². The molecule has 0 aromatic heterocycles. The summed E-state index contributed by atoms with van der Waals surface area (Å²) >= 11 is 5.93. The van der Waals surface area contributed by atoms with Crippen LogP contribution in [0.2, 0.25) is 5.02 Å². The van der Waals surface area contributed by atoms with Gasteiger partial charge in [0.15, 0.2) is 0 Å². The number of benzene rings is 1. The molecule has 1 atom stereocenters. The molecule has 2 fully saturated rings. The summed E-state index contributed by atoms with van der Waals surface area (Å²) in [5.41, 5.74) is 1.55. The van der Waals surface area contributed by atoms with Crippen LogP contribution in [-0.4, -0.2) is 61.5 Å². The summed E-state index contributed by atoms with van der Waals surface area (Å²) in [7, 11) is 2.20. The van der Waals surface area contributed by atoms with Crippen molar-refractivity contribution in [3.05, 3.63) is 34.9 Å². The standard InChI is InChI=1S/C21H32ClN3O/c1-3-12-25-16-21(9-13-24(2)14-10-21)15-19(25)20(26)23-11-8-17-4-6-18(22)7-5-17/h4-7,19H,3,8-16H2,1-2H3,(H,23,26)/t19-/m1/s1. The minimum atomic E-state index is 0.0450. The molecule has 1 N–H and O–H groups in total. The van der Waals surface area contributed by atoms with Crippen molar-refractivity contribution in [3.63, 3.8) is 0 Å². The highest BCUT2D eigenvalue weighted by molar-refractivity contribution is 6.30. The van der Waals surface area contributed by atoms with E-state index in [-0.39, 0.29) is 11.9 Å². The highest BCUT2D eigenvalue weighted by Crippen LogP contribution is 2.43. The third-order valence-corrected chi connectivity index (χ3v) is 6.34. The first-order valence-corrected chi connectivity index (χ1v) is 10.3. The molecule has 26 heavy (non-hydrogen) atoms. The lowest BCUT2D eigenvalue weighted by Gasteiger charge is -2.37. The van der Waals surface area contributed by atoms with Gasteiger partial charge < -0.3 is 10.2 Å². The van der Waals surface area contributed by atoms with Gasteiger partial charge >= 0.3 is 0 Å². The fourth-order valence-corrected chi connectivity index (χ4v) is 4.61. The molecule has 2 heterocycles. The number of carbonyl (C=O) groups is 1. The maximum atomic E-state index is 12.9. The van der Waals surface area contributed by atoms with Gasteiger partial charge in [0, 0.05) is 18.1 Å². The summed E-state index contributed by atoms with van der Waals surface area (Å²) in [6, 6.07) is 7.91. The summed E-state index contributed by atoms with van der Waals surface area (Å²) in [6.45, 7) is 7.31. The fourth-order valence-electron chi connectivity index (χ4n) is 4.48. The molecule has 2 aliphatic rings. The minimum Gasteiger partial charge on any atom is -0.354 e. The smallest absolute Gasteiger partial charge is 0.237 e. The van der Waals surface area contributed by atoms with Gasteiger partial charge in [-0.1, -0.05) is 30.7 Å². The van der Waals surface area contributed by atoms with Crippen molar-refractivity contribution in [1.29, 1.82) is 0 Å². The first kappa shape index (κ1) is 19.7. The van der Waals surface area contributed by atoms with E-state index >= 15 is 0 Å². The van der Waals surface area contributed by atoms with E-state index in [1.165, 1.54) is 18.4 Å². The van der Waals surface area contributed by atoms with E-state index in [1.54, 1.807) is 0 Å². The molecule has 3 rings (SSSR count). The maximum absolute atomic E-state index is 12.9. The summed E-state index contributed by atoms with van der Waals surface area (Å²) in [5.74, 6) is 0.211. The Labute approximate surface area is 162 Å². The molecule has 0 bridgehead atoms. The number of rotatable bonds is 6. The quantitative estimate of drug-likeness (QED) is 0.826. The number of nitrogens with zero attached hydrogens (tertiary/aromatic N) is 2. The third kappa shape index (κ3) is 4.79. The number of piperidine rings is 1. The van der Waals surface area contributed by atoms with Crippen LogP contribution in [0.25, 0.3) is 0 Å². The van der Waals surface area contributed by atoms with Gasteiger partial charge in [-0.05, 0) is 81.9 Å². The van der Waals surface area contributed by atoms with Crippen LogP contribution in [-0.2, 0) is 11.2 Å². The van der Waals surface area contributed by atoms with Crippen molar-refractivity contribution < 1.29 is 4.79 Å². The lowest BCUT2D eigenvalue weighted by atomic mass is 9.76. The first-order valence-electron chi connectivity index (χ1n) is 9.96. The van der Waals surface area contributed by atoms with Crippen LogP contribution in [0.1, 0.15) is 38.2 Å². The van der Waals surface area contributed by atoms with E-state index in [1.807, 2.05) is 24.3 Å². The van der Waals surface area contributed by atoms with Gasteiger partial charge in [0.25, 0.3) is 0 Å². The molecular formula is C21H32ClN3O. The van der Waals surface area contributed by atoms with Gasteiger partial charge in [-0.2, -0.15) is 0 Å². The van der Waals surface area contributed by atoms with E-state index in [0.29, 0.717) is 12.0 Å².